The number of nitrogen functional groups attached to an aromatic ring is 1. The number of nitrogens with zero attached hydrogens (tertiary/aromatic N) is 6. The fourth-order valence-electron chi connectivity index (χ4n) is 4.64. The van der Waals surface area contributed by atoms with E-state index in [-0.39, 0.29) is 28.9 Å². The largest absolute Gasteiger partial charge is 0.382 e. The van der Waals surface area contributed by atoms with Crippen molar-refractivity contribution < 1.29 is 19.3 Å². The van der Waals surface area contributed by atoms with E-state index in [1.165, 1.54) is 29.0 Å². The number of carbonyl (C=O) groups is 3. The lowest BCUT2D eigenvalue weighted by Crippen LogP contribution is -2.30. The number of rotatable bonds is 6. The molecule has 1 aliphatic heterocycles. The highest BCUT2D eigenvalue weighted by molar-refractivity contribution is 6.09. The maximum absolute atomic E-state index is 13.3. The molecule has 0 radical (unpaired) electrons. The molecule has 0 unspecified atom stereocenters. The fraction of sp³-hybridized carbons (Fsp3) is 0.200. The number of non-ortho nitro benzene ring substituents is 1. The van der Waals surface area contributed by atoms with Crippen LogP contribution in [0.5, 0.6) is 0 Å². The summed E-state index contributed by atoms with van der Waals surface area (Å²) >= 11 is 0. The van der Waals surface area contributed by atoms with Gasteiger partial charge in [-0.15, -0.1) is 0 Å². The molecule has 0 bridgehead atoms. The van der Waals surface area contributed by atoms with Crippen molar-refractivity contribution in [1.82, 2.24) is 18.7 Å². The minimum absolute atomic E-state index is 0.0170. The summed E-state index contributed by atoms with van der Waals surface area (Å²) in [6, 6.07) is 7.54. The molecule has 3 aromatic heterocycles. The van der Waals surface area contributed by atoms with E-state index in [4.69, 9.17) is 5.73 Å². The third-order valence-corrected chi connectivity index (χ3v) is 6.49. The molecule has 4 heterocycles. The van der Waals surface area contributed by atoms with Crippen LogP contribution in [0.1, 0.15) is 37.2 Å². The number of nitrogens with one attached hydrogen (secondary N) is 2. The molecular weight excluding hydrogens is 506 g/mol. The van der Waals surface area contributed by atoms with Crippen molar-refractivity contribution >= 4 is 46.3 Å². The maximum atomic E-state index is 13.3. The van der Waals surface area contributed by atoms with Crippen molar-refractivity contribution in [1.29, 1.82) is 0 Å². The van der Waals surface area contributed by atoms with Crippen molar-refractivity contribution in [2.45, 2.75) is 6.42 Å². The number of benzene rings is 1. The molecular formula is C25H25N9O5. The molecule has 0 spiro atoms. The Bertz CT molecular complexity index is 1660. The van der Waals surface area contributed by atoms with Crippen molar-refractivity contribution in [2.75, 3.05) is 27.8 Å². The van der Waals surface area contributed by atoms with Gasteiger partial charge in [-0.05, 0) is 30.2 Å². The third kappa shape index (κ3) is 4.70. The number of carbonyl (C=O) groups excluding carboxylic acids is 3. The first-order valence-electron chi connectivity index (χ1n) is 11.8. The quantitative estimate of drug-likeness (QED) is 0.253. The first-order chi connectivity index (χ1) is 18.5. The van der Waals surface area contributed by atoms with Crippen LogP contribution in [0.4, 0.5) is 28.6 Å². The van der Waals surface area contributed by atoms with E-state index in [2.05, 4.69) is 15.6 Å². The first kappa shape index (κ1) is 25.3. The number of hydrogen-bond donors (Lipinski definition) is 3. The van der Waals surface area contributed by atoms with E-state index in [0.717, 1.165) is 5.56 Å². The molecule has 4 aromatic rings. The Balaban J connectivity index is 1.29. The van der Waals surface area contributed by atoms with Crippen molar-refractivity contribution in [3.05, 3.63) is 81.8 Å². The Morgan fingerprint density at radius 3 is 2.21 bits per heavy atom. The van der Waals surface area contributed by atoms with Crippen LogP contribution in [0.3, 0.4) is 0 Å². The van der Waals surface area contributed by atoms with Gasteiger partial charge in [0, 0.05) is 64.1 Å². The number of fused-ring (bicyclic) bond motifs is 1. The highest BCUT2D eigenvalue weighted by Gasteiger charge is 2.29. The molecule has 3 amide bonds. The molecule has 0 saturated heterocycles. The summed E-state index contributed by atoms with van der Waals surface area (Å²) in [6.45, 7) is 0.394. The number of aryl methyl sites for hydroxylation is 3. The maximum Gasteiger partial charge on any atom is 0.291 e. The van der Waals surface area contributed by atoms with Crippen molar-refractivity contribution in [3.8, 4) is 0 Å². The molecule has 0 saturated carbocycles. The van der Waals surface area contributed by atoms with Gasteiger partial charge < -0.3 is 35.0 Å². The van der Waals surface area contributed by atoms with E-state index < -0.39 is 16.7 Å². The molecule has 0 atom stereocenters. The predicted octanol–water partition coefficient (Wildman–Crippen LogP) is 2.29. The number of hydrogen-bond acceptors (Lipinski definition) is 7. The average molecular weight is 532 g/mol. The van der Waals surface area contributed by atoms with Crippen LogP contribution in [0.25, 0.3) is 0 Å². The summed E-state index contributed by atoms with van der Waals surface area (Å²) in [5.74, 6) is -0.861. The Morgan fingerprint density at radius 1 is 0.923 bits per heavy atom. The van der Waals surface area contributed by atoms with E-state index >= 15 is 0 Å². The summed E-state index contributed by atoms with van der Waals surface area (Å²) in [6.07, 6.45) is 5.24. The Hall–Kier alpha value is -5.40. The third-order valence-electron chi connectivity index (χ3n) is 6.49. The molecule has 1 aliphatic rings. The molecule has 39 heavy (non-hydrogen) atoms. The minimum Gasteiger partial charge on any atom is -0.382 e. The second-order valence-corrected chi connectivity index (χ2v) is 9.24. The number of nitro groups is 1. The topological polar surface area (TPSA) is 175 Å². The van der Waals surface area contributed by atoms with Gasteiger partial charge in [0.05, 0.1) is 16.3 Å². The lowest BCUT2D eigenvalue weighted by Gasteiger charge is -2.17. The van der Waals surface area contributed by atoms with Crippen molar-refractivity contribution in [3.63, 3.8) is 0 Å². The number of nitro benzene ring substituents is 1. The van der Waals surface area contributed by atoms with E-state index in [9.17, 15) is 24.5 Å². The zero-order valence-electron chi connectivity index (χ0n) is 21.3. The molecule has 4 N–H and O–H groups in total. The van der Waals surface area contributed by atoms with Gasteiger partial charge in [-0.3, -0.25) is 24.5 Å². The van der Waals surface area contributed by atoms with Gasteiger partial charge in [-0.2, -0.15) is 0 Å². The van der Waals surface area contributed by atoms with Crippen LogP contribution in [0.2, 0.25) is 0 Å². The van der Waals surface area contributed by atoms with E-state index in [1.54, 1.807) is 59.7 Å². The fourth-order valence-corrected chi connectivity index (χ4v) is 4.64. The normalized spacial score (nSPS) is 12.3. The molecule has 1 aromatic carbocycles. The van der Waals surface area contributed by atoms with Gasteiger partial charge in [0.15, 0.2) is 0 Å². The molecule has 0 fully saturated rings. The number of nitrogens with two attached hydrogens (primary N) is 1. The smallest absolute Gasteiger partial charge is 0.291 e. The summed E-state index contributed by atoms with van der Waals surface area (Å²) in [5.41, 5.74) is 8.40. The van der Waals surface area contributed by atoms with Crippen molar-refractivity contribution in [2.24, 2.45) is 21.1 Å². The lowest BCUT2D eigenvalue weighted by atomic mass is 10.1. The van der Waals surface area contributed by atoms with Crippen LogP contribution < -0.4 is 21.3 Å². The number of amides is 3. The van der Waals surface area contributed by atoms with Gasteiger partial charge >= 0.3 is 0 Å². The second-order valence-electron chi connectivity index (χ2n) is 9.24. The number of aromatic nitrogens is 4. The molecule has 5 rings (SSSR count). The van der Waals surface area contributed by atoms with Crippen LogP contribution in [-0.4, -0.2) is 47.9 Å². The lowest BCUT2D eigenvalue weighted by molar-refractivity contribution is -0.384. The SMILES string of the molecule is Cn1cc(NC(=O)c2nc(N)cn2C)cc1C(=O)Nc1cc(C(=O)N2CCc3cc([N+](=O)[O-])ccc32)n(C)c1. The van der Waals surface area contributed by atoms with Crippen LogP contribution in [-0.2, 0) is 27.6 Å². The molecule has 0 aliphatic carbocycles. The summed E-state index contributed by atoms with van der Waals surface area (Å²) < 4.78 is 4.67. The Kier molecular flexibility index (Phi) is 6.14. The second kappa shape index (κ2) is 9.48. The zero-order chi connectivity index (χ0) is 28.0. The van der Waals surface area contributed by atoms with E-state index in [1.807, 2.05) is 0 Å². The summed E-state index contributed by atoms with van der Waals surface area (Å²) in [4.78, 5) is 55.1. The van der Waals surface area contributed by atoms with Gasteiger partial charge in [-0.1, -0.05) is 0 Å². The van der Waals surface area contributed by atoms with Crippen LogP contribution in [0.15, 0.2) is 48.9 Å². The first-order valence-corrected chi connectivity index (χ1v) is 11.8. The predicted molar refractivity (Wildman–Crippen MR) is 143 cm³/mol. The van der Waals surface area contributed by atoms with Gasteiger partial charge in [0.25, 0.3) is 23.4 Å². The number of imidazole rings is 1. The van der Waals surface area contributed by atoms with E-state index in [0.29, 0.717) is 35.7 Å². The Labute approximate surface area is 221 Å². The van der Waals surface area contributed by atoms with Crippen LogP contribution >= 0.6 is 0 Å². The zero-order valence-corrected chi connectivity index (χ0v) is 21.3. The standard InChI is InChI=1S/C25H25N9O5/c1-30-11-15(28-24(36)22-29-21(26)13-32(22)3)9-19(30)23(35)27-16-10-20(31(2)12-16)25(37)33-7-6-14-8-17(34(38)39)4-5-18(14)33/h4-5,8-13H,6-7,26H2,1-3H3,(H,27,35)(H,28,36). The van der Waals surface area contributed by atoms with Gasteiger partial charge in [0.1, 0.15) is 17.2 Å². The Morgan fingerprint density at radius 2 is 1.56 bits per heavy atom. The average Bonchev–Trinajstić information content (AvgIpc) is 3.63. The molecule has 14 nitrogen and oxygen atoms in total. The highest BCUT2D eigenvalue weighted by Crippen LogP contribution is 2.32. The summed E-state index contributed by atoms with van der Waals surface area (Å²) in [7, 11) is 5.00. The molecule has 14 heteroatoms. The minimum atomic E-state index is -0.476. The highest BCUT2D eigenvalue weighted by atomic mass is 16.6. The van der Waals surface area contributed by atoms with Gasteiger partial charge in [0.2, 0.25) is 5.82 Å². The summed E-state index contributed by atoms with van der Waals surface area (Å²) in [5, 5.41) is 16.6. The monoisotopic (exact) mass is 531 g/mol. The molecule has 200 valence electrons. The van der Waals surface area contributed by atoms with Gasteiger partial charge in [-0.25, -0.2) is 4.98 Å². The van der Waals surface area contributed by atoms with Crippen LogP contribution in [0, 0.1) is 10.1 Å². The number of anilines is 4.